The van der Waals surface area contributed by atoms with E-state index in [1.807, 2.05) is 47.2 Å². The molecule has 1 N–H and O–H groups in total. The van der Waals surface area contributed by atoms with Crippen molar-refractivity contribution in [2.24, 2.45) is 21.1 Å². The Bertz CT molecular complexity index is 1950. The van der Waals surface area contributed by atoms with Gasteiger partial charge in [0.15, 0.2) is 11.2 Å². The second-order valence-corrected chi connectivity index (χ2v) is 13.6. The molecule has 15 heteroatoms. The van der Waals surface area contributed by atoms with Gasteiger partial charge in [0, 0.05) is 46.5 Å². The second kappa shape index (κ2) is 22.8. The van der Waals surface area contributed by atoms with Crippen molar-refractivity contribution in [2.45, 2.75) is 39.5 Å². The summed E-state index contributed by atoms with van der Waals surface area (Å²) in [5.74, 6) is 0.937. The molecule has 0 atom stereocenters. The molecule has 0 fully saturated rings. The van der Waals surface area contributed by atoms with Crippen LogP contribution in [0.1, 0.15) is 48.7 Å². The minimum Gasteiger partial charge on any atom is -0.492 e. The van der Waals surface area contributed by atoms with Crippen molar-refractivity contribution in [3.63, 3.8) is 0 Å². The van der Waals surface area contributed by atoms with E-state index in [4.69, 9.17) is 20.0 Å². The first-order valence-corrected chi connectivity index (χ1v) is 18.1. The predicted molar refractivity (Wildman–Crippen MR) is 214 cm³/mol. The van der Waals surface area contributed by atoms with E-state index in [9.17, 15) is 9.59 Å². The van der Waals surface area contributed by atoms with Crippen LogP contribution in [-0.2, 0) is 27.6 Å². The molecule has 3 aromatic heterocycles. The lowest BCUT2D eigenvalue weighted by Crippen LogP contribution is -2.37. The largest absolute Gasteiger partial charge is 0.492 e. The van der Waals surface area contributed by atoms with Gasteiger partial charge in [-0.25, -0.2) is 4.79 Å². The molecule has 0 saturated carbocycles. The van der Waals surface area contributed by atoms with Crippen molar-refractivity contribution in [1.29, 1.82) is 10.5 Å². The van der Waals surface area contributed by atoms with Crippen molar-refractivity contribution in [2.75, 3.05) is 87.0 Å². The normalized spacial score (nSPS) is 10.7. The number of nitriles is 2. The van der Waals surface area contributed by atoms with Crippen LogP contribution in [0.15, 0.2) is 39.9 Å². The highest BCUT2D eigenvalue weighted by atomic mass is 16.5. The SMILES string of the molecule is CCc1nc(C)ccc1OCCCN(C)C.CN(C)CCCNc1c(C#N)cccc1C#N.CN(C)CCCOc1nc2c(c(=O)n(C)c(=O)n2C)n1C. The topological polar surface area (TPSA) is 163 Å². The number of anilines is 1. The van der Waals surface area contributed by atoms with Crippen LogP contribution in [0.5, 0.6) is 11.8 Å². The van der Waals surface area contributed by atoms with Crippen LogP contribution in [0, 0.1) is 29.6 Å². The Hall–Kier alpha value is -5.22. The second-order valence-electron chi connectivity index (χ2n) is 13.6. The van der Waals surface area contributed by atoms with Gasteiger partial charge in [-0.15, -0.1) is 0 Å². The predicted octanol–water partition coefficient (Wildman–Crippen LogP) is 3.38. The first kappa shape index (κ1) is 44.9. The number of imidazole rings is 1. The highest BCUT2D eigenvalue weighted by Crippen LogP contribution is 2.20. The minimum atomic E-state index is -0.398. The fourth-order valence-electron chi connectivity index (χ4n) is 5.25. The van der Waals surface area contributed by atoms with Gasteiger partial charge in [-0.2, -0.15) is 15.5 Å². The van der Waals surface area contributed by atoms with Gasteiger partial charge in [-0.1, -0.05) is 13.0 Å². The molecule has 0 bridgehead atoms. The molecule has 4 rings (SSSR count). The molecule has 0 aliphatic rings. The third-order valence-corrected chi connectivity index (χ3v) is 8.22. The van der Waals surface area contributed by atoms with E-state index in [1.54, 1.807) is 36.9 Å². The molecular formula is C39H59N11O4. The Balaban J connectivity index is 0.000000284. The fraction of sp³-hybridized carbons (Fsp3) is 0.538. The smallest absolute Gasteiger partial charge is 0.332 e. The van der Waals surface area contributed by atoms with Gasteiger partial charge in [0.05, 0.1) is 35.7 Å². The maximum absolute atomic E-state index is 12.2. The molecule has 1 aromatic carbocycles. The van der Waals surface area contributed by atoms with E-state index >= 15 is 0 Å². The number of nitrogens with one attached hydrogen (secondary N) is 1. The molecule has 3 heterocycles. The summed E-state index contributed by atoms with van der Waals surface area (Å²) in [6.07, 6.45) is 3.79. The Morgan fingerprint density at radius 1 is 0.759 bits per heavy atom. The molecule has 0 radical (unpaired) electrons. The maximum Gasteiger partial charge on any atom is 0.332 e. The van der Waals surface area contributed by atoms with Crippen LogP contribution >= 0.6 is 0 Å². The molecule has 0 aliphatic carbocycles. The molecule has 294 valence electrons. The number of nitrogens with zero attached hydrogens (tertiary/aromatic N) is 10. The number of hydrogen-bond acceptors (Lipinski definition) is 12. The summed E-state index contributed by atoms with van der Waals surface area (Å²) in [7, 11) is 16.9. The van der Waals surface area contributed by atoms with E-state index in [2.05, 4.69) is 63.1 Å². The summed E-state index contributed by atoms with van der Waals surface area (Å²) in [5, 5.41) is 21.1. The zero-order valence-corrected chi connectivity index (χ0v) is 34.1. The number of pyridine rings is 1. The standard InChI is InChI=1S/C13H21N5O3.C13H16N4.C13H22N2O/c1-15(2)7-6-8-21-12-14-10-9(16(12)3)11(19)18(5)13(20)17(10)4;1-17(2)8-4-7-16-13-11(9-14)5-3-6-12(13)10-15;1-5-12-13(8-7-11(2)14-12)16-10-6-9-15(3)4/h6-8H2,1-5H3;3,5-6,16H,4,7-8H2,1-2H3;7-8H,5-6,9-10H2,1-4H3. The molecule has 0 spiro atoms. The minimum absolute atomic E-state index is 0.341. The van der Waals surface area contributed by atoms with E-state index < -0.39 is 5.69 Å². The molecule has 0 amide bonds. The number of hydrogen-bond donors (Lipinski definition) is 1. The fourth-order valence-corrected chi connectivity index (χ4v) is 5.25. The number of fused-ring (bicyclic) bond motifs is 1. The Kier molecular flexibility index (Phi) is 18.9. The van der Waals surface area contributed by atoms with Crippen LogP contribution in [-0.4, -0.2) is 120 Å². The molecule has 0 saturated heterocycles. The number of aryl methyl sites for hydroxylation is 4. The Morgan fingerprint density at radius 2 is 1.31 bits per heavy atom. The third-order valence-electron chi connectivity index (χ3n) is 8.22. The highest BCUT2D eigenvalue weighted by molar-refractivity contribution is 5.71. The summed E-state index contributed by atoms with van der Waals surface area (Å²) in [6, 6.07) is 13.7. The zero-order valence-electron chi connectivity index (χ0n) is 34.1. The lowest BCUT2D eigenvalue weighted by molar-refractivity contribution is 0.258. The van der Waals surface area contributed by atoms with Crippen molar-refractivity contribution in [1.82, 2.24) is 38.4 Å². The molecule has 15 nitrogen and oxygen atoms in total. The van der Waals surface area contributed by atoms with Crippen LogP contribution in [0.3, 0.4) is 0 Å². The quantitative estimate of drug-likeness (QED) is 0.167. The number of aromatic nitrogens is 5. The van der Waals surface area contributed by atoms with Crippen molar-refractivity contribution in [3.8, 4) is 23.9 Å². The number of rotatable bonds is 16. The van der Waals surface area contributed by atoms with Crippen molar-refractivity contribution >= 4 is 16.9 Å². The van der Waals surface area contributed by atoms with Gasteiger partial charge in [0.2, 0.25) is 0 Å². The van der Waals surface area contributed by atoms with Crippen LogP contribution in [0.25, 0.3) is 11.2 Å². The van der Waals surface area contributed by atoms with Gasteiger partial charge >= 0.3 is 5.69 Å². The summed E-state index contributed by atoms with van der Waals surface area (Å²) in [6.45, 7) is 9.07. The lowest BCUT2D eigenvalue weighted by Gasteiger charge is -2.12. The average Bonchev–Trinajstić information content (AvgIpc) is 3.48. The maximum atomic E-state index is 12.2. The monoisotopic (exact) mass is 745 g/mol. The number of ether oxygens (including phenoxy) is 2. The van der Waals surface area contributed by atoms with E-state index in [-0.39, 0.29) is 5.56 Å². The van der Waals surface area contributed by atoms with Gasteiger partial charge < -0.3 is 29.5 Å². The van der Waals surface area contributed by atoms with Gasteiger partial charge in [0.25, 0.3) is 11.6 Å². The van der Waals surface area contributed by atoms with Crippen molar-refractivity contribution < 1.29 is 9.47 Å². The molecule has 4 aromatic rings. The molecule has 54 heavy (non-hydrogen) atoms. The van der Waals surface area contributed by atoms with Crippen LogP contribution < -0.4 is 26.0 Å². The third kappa shape index (κ3) is 13.6. The average molecular weight is 746 g/mol. The van der Waals surface area contributed by atoms with Gasteiger partial charge in [-0.05, 0) is 106 Å². The van der Waals surface area contributed by atoms with Crippen LogP contribution in [0.2, 0.25) is 0 Å². The van der Waals surface area contributed by atoms with Crippen LogP contribution in [0.4, 0.5) is 5.69 Å². The van der Waals surface area contributed by atoms with E-state index in [0.717, 1.165) is 80.2 Å². The number of benzene rings is 1. The Labute approximate surface area is 320 Å². The highest BCUT2D eigenvalue weighted by Gasteiger charge is 2.17. The van der Waals surface area contributed by atoms with E-state index in [1.165, 1.54) is 11.6 Å². The summed E-state index contributed by atoms with van der Waals surface area (Å²) >= 11 is 0. The Morgan fingerprint density at radius 3 is 1.85 bits per heavy atom. The molecule has 0 aliphatic heterocycles. The first-order valence-electron chi connectivity index (χ1n) is 18.1. The van der Waals surface area contributed by atoms with Crippen molar-refractivity contribution in [3.05, 3.63) is 73.7 Å². The molecule has 0 unspecified atom stereocenters. The molecular weight excluding hydrogens is 687 g/mol. The summed E-state index contributed by atoms with van der Waals surface area (Å²) in [5.41, 5.74) is 3.74. The lowest BCUT2D eigenvalue weighted by atomic mass is 10.1. The summed E-state index contributed by atoms with van der Waals surface area (Å²) < 4.78 is 15.4. The summed E-state index contributed by atoms with van der Waals surface area (Å²) in [4.78, 5) is 39.1. The number of para-hydroxylation sites is 1. The van der Waals surface area contributed by atoms with Gasteiger partial charge in [-0.3, -0.25) is 23.5 Å². The zero-order chi connectivity index (χ0) is 40.4. The van der Waals surface area contributed by atoms with Gasteiger partial charge in [0.1, 0.15) is 17.9 Å². The van der Waals surface area contributed by atoms with E-state index in [0.29, 0.717) is 40.6 Å². The first-order chi connectivity index (χ1) is 25.7.